The first kappa shape index (κ1) is 15.3. The van der Waals surface area contributed by atoms with Gasteiger partial charge in [-0.1, -0.05) is 12.1 Å². The Bertz CT molecular complexity index is 735. The van der Waals surface area contributed by atoms with Gasteiger partial charge in [-0.05, 0) is 49.9 Å². The van der Waals surface area contributed by atoms with Crippen molar-refractivity contribution in [1.29, 1.82) is 0 Å². The highest BCUT2D eigenvalue weighted by Gasteiger charge is 2.34. The molecule has 2 bridgehead atoms. The smallest absolute Gasteiger partial charge is 0.253 e. The van der Waals surface area contributed by atoms with Crippen molar-refractivity contribution in [2.24, 2.45) is 0 Å². The highest BCUT2D eigenvalue weighted by atomic mass is 19.1. The lowest BCUT2D eigenvalue weighted by Crippen LogP contribution is -2.48. The molecule has 3 heterocycles. The van der Waals surface area contributed by atoms with Crippen molar-refractivity contribution in [3.63, 3.8) is 0 Å². The molecule has 0 spiro atoms. The van der Waals surface area contributed by atoms with Crippen LogP contribution in [-0.4, -0.2) is 29.0 Å². The molecule has 3 atom stereocenters. The van der Waals surface area contributed by atoms with Crippen molar-refractivity contribution >= 4 is 5.91 Å². The summed E-state index contributed by atoms with van der Waals surface area (Å²) in [4.78, 5) is 16.7. The van der Waals surface area contributed by atoms with Crippen molar-refractivity contribution in [1.82, 2.24) is 15.6 Å². The largest absolute Gasteiger partial charge is 0.349 e. The molecule has 5 heteroatoms. The van der Waals surface area contributed by atoms with Crippen LogP contribution < -0.4 is 10.6 Å². The minimum atomic E-state index is -0.295. The fourth-order valence-corrected chi connectivity index (χ4v) is 3.79. The molecular weight excluding hydrogens is 305 g/mol. The molecule has 2 aliphatic rings. The molecule has 0 unspecified atom stereocenters. The number of pyridine rings is 1. The molecule has 0 aliphatic carbocycles. The molecule has 2 aromatic rings. The number of hydrogen-bond donors (Lipinski definition) is 2. The molecule has 0 radical (unpaired) electrons. The molecule has 2 saturated heterocycles. The summed E-state index contributed by atoms with van der Waals surface area (Å²) in [5.41, 5.74) is 1.91. The highest BCUT2D eigenvalue weighted by molar-refractivity contribution is 5.94. The van der Waals surface area contributed by atoms with Crippen LogP contribution >= 0.6 is 0 Å². The van der Waals surface area contributed by atoms with E-state index < -0.39 is 0 Å². The number of amides is 1. The van der Waals surface area contributed by atoms with Gasteiger partial charge in [0.05, 0.1) is 11.3 Å². The maximum atomic E-state index is 13.3. The first-order valence-corrected chi connectivity index (χ1v) is 8.46. The second-order valence-electron chi connectivity index (χ2n) is 6.72. The second kappa shape index (κ2) is 6.32. The first-order chi connectivity index (χ1) is 11.7. The number of rotatable bonds is 3. The summed E-state index contributed by atoms with van der Waals surface area (Å²) >= 11 is 0. The van der Waals surface area contributed by atoms with Gasteiger partial charge in [0.25, 0.3) is 5.91 Å². The molecule has 4 rings (SSSR count). The van der Waals surface area contributed by atoms with Crippen molar-refractivity contribution in [2.45, 2.75) is 43.8 Å². The summed E-state index contributed by atoms with van der Waals surface area (Å²) < 4.78 is 13.3. The van der Waals surface area contributed by atoms with Crippen LogP contribution in [0.2, 0.25) is 0 Å². The lowest BCUT2D eigenvalue weighted by molar-refractivity contribution is 0.0923. The quantitative estimate of drug-likeness (QED) is 0.912. The molecule has 124 valence electrons. The van der Waals surface area contributed by atoms with Crippen LogP contribution in [0.5, 0.6) is 0 Å². The molecular formula is C19H20FN3O. The minimum Gasteiger partial charge on any atom is -0.349 e. The van der Waals surface area contributed by atoms with Crippen molar-refractivity contribution < 1.29 is 9.18 Å². The van der Waals surface area contributed by atoms with E-state index in [1.165, 1.54) is 25.0 Å². The predicted molar refractivity (Wildman–Crippen MR) is 90.1 cm³/mol. The topological polar surface area (TPSA) is 54.0 Å². The summed E-state index contributed by atoms with van der Waals surface area (Å²) in [5, 5.41) is 6.69. The SMILES string of the molecule is O=C(N[C@H]1C[C@H]2CC[C@@H](C1)N2)c1ccc(-c2cccc(F)c2)nc1. The summed E-state index contributed by atoms with van der Waals surface area (Å²) in [7, 11) is 0. The Labute approximate surface area is 140 Å². The Kier molecular flexibility index (Phi) is 4.02. The number of benzene rings is 1. The summed E-state index contributed by atoms with van der Waals surface area (Å²) in [6.07, 6.45) is 5.97. The molecule has 1 amide bonds. The third kappa shape index (κ3) is 3.17. The Morgan fingerprint density at radius 3 is 2.62 bits per heavy atom. The van der Waals surface area contributed by atoms with E-state index in [-0.39, 0.29) is 17.8 Å². The van der Waals surface area contributed by atoms with E-state index in [9.17, 15) is 9.18 Å². The molecule has 4 nitrogen and oxygen atoms in total. The fourth-order valence-electron chi connectivity index (χ4n) is 3.79. The van der Waals surface area contributed by atoms with Crippen LogP contribution in [0.15, 0.2) is 42.6 Å². The Morgan fingerprint density at radius 1 is 1.17 bits per heavy atom. The van der Waals surface area contributed by atoms with E-state index in [1.54, 1.807) is 30.5 Å². The number of nitrogens with zero attached hydrogens (tertiary/aromatic N) is 1. The first-order valence-electron chi connectivity index (χ1n) is 8.46. The zero-order chi connectivity index (χ0) is 16.5. The van der Waals surface area contributed by atoms with Gasteiger partial charge >= 0.3 is 0 Å². The molecule has 2 N–H and O–H groups in total. The van der Waals surface area contributed by atoms with Gasteiger partial charge in [0.15, 0.2) is 0 Å². The van der Waals surface area contributed by atoms with Crippen LogP contribution in [0.3, 0.4) is 0 Å². The van der Waals surface area contributed by atoms with E-state index in [2.05, 4.69) is 15.6 Å². The zero-order valence-corrected chi connectivity index (χ0v) is 13.3. The molecule has 0 saturated carbocycles. The number of carbonyl (C=O) groups excluding carboxylic acids is 1. The number of carbonyl (C=O) groups is 1. The number of halogens is 1. The molecule has 2 fully saturated rings. The summed E-state index contributed by atoms with van der Waals surface area (Å²) in [6.45, 7) is 0. The maximum absolute atomic E-state index is 13.3. The molecule has 1 aromatic heterocycles. The number of fused-ring (bicyclic) bond motifs is 2. The van der Waals surface area contributed by atoms with Gasteiger partial charge in [-0.3, -0.25) is 9.78 Å². The van der Waals surface area contributed by atoms with E-state index in [4.69, 9.17) is 0 Å². The predicted octanol–water partition coefficient (Wildman–Crippen LogP) is 2.90. The van der Waals surface area contributed by atoms with Crippen molar-refractivity contribution in [3.05, 3.63) is 54.0 Å². The van der Waals surface area contributed by atoms with Crippen LogP contribution in [-0.2, 0) is 0 Å². The summed E-state index contributed by atoms with van der Waals surface area (Å²) in [5.74, 6) is -0.378. The van der Waals surface area contributed by atoms with Gasteiger partial charge in [0, 0.05) is 29.9 Å². The Morgan fingerprint density at radius 2 is 1.96 bits per heavy atom. The van der Waals surface area contributed by atoms with Gasteiger partial charge in [-0.15, -0.1) is 0 Å². The average Bonchev–Trinajstić information content (AvgIpc) is 2.93. The maximum Gasteiger partial charge on any atom is 0.253 e. The molecule has 1 aromatic carbocycles. The third-order valence-corrected chi connectivity index (χ3v) is 4.95. The average molecular weight is 325 g/mol. The van der Waals surface area contributed by atoms with Gasteiger partial charge in [-0.2, -0.15) is 0 Å². The van der Waals surface area contributed by atoms with Crippen molar-refractivity contribution in [2.75, 3.05) is 0 Å². The summed E-state index contributed by atoms with van der Waals surface area (Å²) in [6, 6.07) is 11.1. The van der Waals surface area contributed by atoms with Gasteiger partial charge < -0.3 is 10.6 Å². The fraction of sp³-hybridized carbons (Fsp3) is 0.368. The third-order valence-electron chi connectivity index (χ3n) is 4.95. The Balaban J connectivity index is 1.43. The van der Waals surface area contributed by atoms with Crippen molar-refractivity contribution in [3.8, 4) is 11.3 Å². The number of hydrogen-bond acceptors (Lipinski definition) is 3. The van der Waals surface area contributed by atoms with Crippen LogP contribution in [0.1, 0.15) is 36.0 Å². The van der Waals surface area contributed by atoms with Gasteiger partial charge in [0.1, 0.15) is 5.82 Å². The minimum absolute atomic E-state index is 0.0837. The zero-order valence-electron chi connectivity index (χ0n) is 13.3. The number of aromatic nitrogens is 1. The van der Waals surface area contributed by atoms with Crippen LogP contribution in [0, 0.1) is 5.82 Å². The normalized spacial score (nSPS) is 25.5. The van der Waals surface area contributed by atoms with E-state index in [1.807, 2.05) is 0 Å². The highest BCUT2D eigenvalue weighted by Crippen LogP contribution is 2.27. The number of piperidine rings is 1. The monoisotopic (exact) mass is 325 g/mol. The van der Waals surface area contributed by atoms with E-state index in [0.717, 1.165) is 12.8 Å². The lowest BCUT2D eigenvalue weighted by atomic mass is 9.99. The van der Waals surface area contributed by atoms with Gasteiger partial charge in [0.2, 0.25) is 0 Å². The lowest BCUT2D eigenvalue weighted by Gasteiger charge is -2.29. The second-order valence-corrected chi connectivity index (χ2v) is 6.72. The molecule has 2 aliphatic heterocycles. The van der Waals surface area contributed by atoms with Gasteiger partial charge in [-0.25, -0.2) is 4.39 Å². The van der Waals surface area contributed by atoms with Crippen LogP contribution in [0.4, 0.5) is 4.39 Å². The van der Waals surface area contributed by atoms with E-state index >= 15 is 0 Å². The van der Waals surface area contributed by atoms with E-state index in [0.29, 0.717) is 28.9 Å². The van der Waals surface area contributed by atoms with Crippen LogP contribution in [0.25, 0.3) is 11.3 Å². The Hall–Kier alpha value is -2.27. The standard InChI is InChI=1S/C19H20FN3O/c20-14-3-1-2-12(8-14)18-7-4-13(11-21-18)19(24)23-17-9-15-5-6-16(10-17)22-15/h1-4,7-8,11,15-17,22H,5-6,9-10H2,(H,23,24)/t15-,16+,17+. The number of nitrogens with one attached hydrogen (secondary N) is 2. The molecule has 24 heavy (non-hydrogen) atoms.